The van der Waals surface area contributed by atoms with Crippen molar-refractivity contribution in [2.45, 2.75) is 6.92 Å². The molecule has 7 nitrogen and oxygen atoms in total. The van der Waals surface area contributed by atoms with E-state index in [2.05, 4.69) is 9.97 Å². The van der Waals surface area contributed by atoms with Crippen molar-refractivity contribution in [3.8, 4) is 0 Å². The second-order valence-electron chi connectivity index (χ2n) is 3.60. The third-order valence-electron chi connectivity index (χ3n) is 2.38. The van der Waals surface area contributed by atoms with Crippen LogP contribution in [0.5, 0.6) is 0 Å². The van der Waals surface area contributed by atoms with Crippen LogP contribution in [0.2, 0.25) is 5.02 Å². The van der Waals surface area contributed by atoms with Crippen molar-refractivity contribution in [2.75, 3.05) is 11.6 Å². The molecule has 3 N–H and O–H groups in total. The Morgan fingerprint density at radius 1 is 1.58 bits per heavy atom. The molecule has 8 heteroatoms. The van der Waals surface area contributed by atoms with Crippen LogP contribution >= 0.6 is 11.6 Å². The van der Waals surface area contributed by atoms with Gasteiger partial charge in [0.15, 0.2) is 5.82 Å². The van der Waals surface area contributed by atoms with Crippen molar-refractivity contribution in [1.82, 2.24) is 9.97 Å². The predicted octanol–water partition coefficient (Wildman–Crippen LogP) is 1.41. The molecule has 0 radical (unpaired) electrons. The first-order chi connectivity index (χ1) is 9.04. The van der Waals surface area contributed by atoms with Gasteiger partial charge in [0.25, 0.3) is 0 Å². The standard InChI is InChI=1S/C11H11ClN4O3/c1-2-19-11(18)16(13)9-8-6(12)4-3-5-7(8)14-10(17)15-9/h3-5H,2,13H2,1H3,(H,14,15,17). The average molecular weight is 283 g/mol. The van der Waals surface area contributed by atoms with Crippen LogP contribution in [0.25, 0.3) is 10.9 Å². The minimum atomic E-state index is -0.818. The van der Waals surface area contributed by atoms with E-state index < -0.39 is 11.8 Å². The number of halogens is 1. The van der Waals surface area contributed by atoms with E-state index in [1.165, 1.54) is 0 Å². The number of hydrazine groups is 1. The van der Waals surface area contributed by atoms with Gasteiger partial charge in [0, 0.05) is 0 Å². The van der Waals surface area contributed by atoms with Crippen molar-refractivity contribution in [3.05, 3.63) is 33.7 Å². The summed E-state index contributed by atoms with van der Waals surface area (Å²) < 4.78 is 4.75. The topological polar surface area (TPSA) is 101 Å². The molecule has 0 spiro atoms. The highest BCUT2D eigenvalue weighted by atomic mass is 35.5. The maximum Gasteiger partial charge on any atom is 0.430 e. The van der Waals surface area contributed by atoms with Gasteiger partial charge in [-0.05, 0) is 19.1 Å². The van der Waals surface area contributed by atoms with Gasteiger partial charge in [-0.15, -0.1) is 0 Å². The first kappa shape index (κ1) is 13.3. The van der Waals surface area contributed by atoms with E-state index >= 15 is 0 Å². The zero-order valence-electron chi connectivity index (χ0n) is 10.0. The van der Waals surface area contributed by atoms with Crippen LogP contribution in [0.3, 0.4) is 0 Å². The molecule has 19 heavy (non-hydrogen) atoms. The molecule has 100 valence electrons. The maximum atomic E-state index is 11.6. The van der Waals surface area contributed by atoms with E-state index in [1.54, 1.807) is 25.1 Å². The molecule has 0 fully saturated rings. The lowest BCUT2D eigenvalue weighted by atomic mass is 10.2. The van der Waals surface area contributed by atoms with Crippen LogP contribution in [-0.2, 0) is 4.74 Å². The third-order valence-corrected chi connectivity index (χ3v) is 2.69. The summed E-state index contributed by atoms with van der Waals surface area (Å²) in [6.07, 6.45) is -0.818. The van der Waals surface area contributed by atoms with E-state index in [0.29, 0.717) is 20.9 Å². The predicted molar refractivity (Wildman–Crippen MR) is 71.1 cm³/mol. The number of fused-ring (bicyclic) bond motifs is 1. The fourth-order valence-corrected chi connectivity index (χ4v) is 1.86. The molecule has 1 aromatic heterocycles. The van der Waals surface area contributed by atoms with E-state index in [-0.39, 0.29) is 12.4 Å². The van der Waals surface area contributed by atoms with Crippen molar-refractivity contribution in [2.24, 2.45) is 5.84 Å². The smallest absolute Gasteiger partial charge is 0.430 e. The van der Waals surface area contributed by atoms with Gasteiger partial charge in [-0.1, -0.05) is 17.7 Å². The molecule has 0 saturated heterocycles. The van der Waals surface area contributed by atoms with Gasteiger partial charge in [0.1, 0.15) is 0 Å². The van der Waals surface area contributed by atoms with Crippen molar-refractivity contribution in [1.29, 1.82) is 0 Å². The van der Waals surface area contributed by atoms with Gasteiger partial charge >= 0.3 is 11.8 Å². The number of aromatic nitrogens is 2. The first-order valence-corrected chi connectivity index (χ1v) is 5.82. The highest BCUT2D eigenvalue weighted by Gasteiger charge is 2.19. The van der Waals surface area contributed by atoms with Gasteiger partial charge in [-0.2, -0.15) is 9.99 Å². The summed E-state index contributed by atoms with van der Waals surface area (Å²) in [6, 6.07) is 4.90. The Labute approximate surface area is 112 Å². The number of hydrogen-bond donors (Lipinski definition) is 2. The molecule has 0 unspecified atom stereocenters. The number of nitrogens with two attached hydrogens (primary N) is 1. The highest BCUT2D eigenvalue weighted by Crippen LogP contribution is 2.28. The monoisotopic (exact) mass is 282 g/mol. The highest BCUT2D eigenvalue weighted by molar-refractivity contribution is 6.36. The van der Waals surface area contributed by atoms with Crippen LogP contribution in [0.15, 0.2) is 23.0 Å². The van der Waals surface area contributed by atoms with Gasteiger partial charge in [0.05, 0.1) is 22.5 Å². The lowest BCUT2D eigenvalue weighted by Crippen LogP contribution is -2.39. The minimum Gasteiger partial charge on any atom is -0.448 e. The fraction of sp³-hybridized carbons (Fsp3) is 0.182. The normalized spacial score (nSPS) is 10.5. The summed E-state index contributed by atoms with van der Waals surface area (Å²) in [7, 11) is 0. The number of nitrogens with one attached hydrogen (secondary N) is 1. The SMILES string of the molecule is CCOC(=O)N(N)c1nc(=O)[nH]c2cccc(Cl)c12. The van der Waals surface area contributed by atoms with Crippen LogP contribution in [0.1, 0.15) is 6.92 Å². The molecule has 2 rings (SSSR count). The lowest BCUT2D eigenvalue weighted by molar-refractivity contribution is 0.159. The van der Waals surface area contributed by atoms with E-state index in [0.717, 1.165) is 0 Å². The van der Waals surface area contributed by atoms with E-state index in [4.69, 9.17) is 22.2 Å². The molecule has 2 aromatic rings. The van der Waals surface area contributed by atoms with Gasteiger partial charge in [0.2, 0.25) is 0 Å². The lowest BCUT2D eigenvalue weighted by Gasteiger charge is -2.16. The quantitative estimate of drug-likeness (QED) is 0.493. The molecule has 1 aromatic carbocycles. The van der Waals surface area contributed by atoms with Gasteiger partial charge in [-0.3, -0.25) is 0 Å². The number of carbonyl (C=O) groups excluding carboxylic acids is 1. The Bertz CT molecular complexity index is 685. The number of anilines is 1. The molecule has 1 heterocycles. The summed E-state index contributed by atoms with van der Waals surface area (Å²) in [5.74, 6) is 5.56. The zero-order valence-corrected chi connectivity index (χ0v) is 10.8. The summed E-state index contributed by atoms with van der Waals surface area (Å²) in [6.45, 7) is 1.80. The molecule has 0 bridgehead atoms. The van der Waals surface area contributed by atoms with E-state index in [1.807, 2.05) is 0 Å². The number of aromatic amines is 1. The molecule has 0 aliphatic heterocycles. The Balaban J connectivity index is 2.65. The Hall–Kier alpha value is -2.12. The molecular formula is C11H11ClN4O3. The number of hydrogen-bond acceptors (Lipinski definition) is 5. The number of nitrogens with zero attached hydrogens (tertiary/aromatic N) is 2. The number of H-pyrrole nitrogens is 1. The van der Waals surface area contributed by atoms with Gasteiger partial charge < -0.3 is 9.72 Å². The van der Waals surface area contributed by atoms with Crippen molar-refractivity contribution < 1.29 is 9.53 Å². The molecule has 0 saturated carbocycles. The maximum absolute atomic E-state index is 11.6. The number of ether oxygens (including phenoxy) is 1. The first-order valence-electron chi connectivity index (χ1n) is 5.44. The van der Waals surface area contributed by atoms with Crippen LogP contribution < -0.4 is 16.5 Å². The average Bonchev–Trinajstić information content (AvgIpc) is 2.37. The van der Waals surface area contributed by atoms with Crippen molar-refractivity contribution >= 4 is 34.4 Å². The molecule has 0 aliphatic carbocycles. The number of amides is 1. The van der Waals surface area contributed by atoms with Crippen LogP contribution in [-0.4, -0.2) is 22.7 Å². The van der Waals surface area contributed by atoms with Gasteiger partial charge in [-0.25, -0.2) is 15.4 Å². The van der Waals surface area contributed by atoms with Crippen LogP contribution in [0, 0.1) is 0 Å². The molecule has 0 atom stereocenters. The third kappa shape index (κ3) is 2.51. The summed E-state index contributed by atoms with van der Waals surface area (Å²) in [5, 5.41) is 1.35. The Kier molecular flexibility index (Phi) is 3.68. The molecule has 0 aliphatic rings. The number of carbonyl (C=O) groups is 1. The molecule has 1 amide bonds. The number of rotatable bonds is 2. The van der Waals surface area contributed by atoms with Crippen molar-refractivity contribution in [3.63, 3.8) is 0 Å². The molecular weight excluding hydrogens is 272 g/mol. The Morgan fingerprint density at radius 3 is 3.00 bits per heavy atom. The minimum absolute atomic E-state index is 0.0530. The number of benzene rings is 1. The largest absolute Gasteiger partial charge is 0.448 e. The fourth-order valence-electron chi connectivity index (χ4n) is 1.60. The Morgan fingerprint density at radius 2 is 2.32 bits per heavy atom. The second kappa shape index (κ2) is 5.25. The summed E-state index contributed by atoms with van der Waals surface area (Å²) in [5.41, 5.74) is -0.202. The van der Waals surface area contributed by atoms with Crippen LogP contribution in [0.4, 0.5) is 10.6 Å². The summed E-state index contributed by atoms with van der Waals surface area (Å²) in [4.78, 5) is 29.2. The second-order valence-corrected chi connectivity index (χ2v) is 4.00. The summed E-state index contributed by atoms with van der Waals surface area (Å²) >= 11 is 6.04. The van der Waals surface area contributed by atoms with E-state index in [9.17, 15) is 9.59 Å². The zero-order chi connectivity index (χ0) is 14.0.